The van der Waals surface area contributed by atoms with Gasteiger partial charge < -0.3 is 18.9 Å². The lowest BCUT2D eigenvalue weighted by molar-refractivity contribution is 0.0468. The minimum Gasteiger partial charge on any atom is -0.467 e. The van der Waals surface area contributed by atoms with Gasteiger partial charge in [-0.25, -0.2) is 0 Å². The van der Waals surface area contributed by atoms with Crippen molar-refractivity contribution >= 4 is 11.6 Å². The predicted molar refractivity (Wildman–Crippen MR) is 94.1 cm³/mol. The van der Waals surface area contributed by atoms with Crippen molar-refractivity contribution in [2.45, 2.75) is 6.42 Å². The Hall–Kier alpha value is -3.21. The van der Waals surface area contributed by atoms with Crippen LogP contribution in [0.25, 0.3) is 0 Å². The molecule has 0 heterocycles. The molecule has 0 saturated heterocycles. The molecule has 0 aliphatic heterocycles. The second kappa shape index (κ2) is 7.99. The fraction of sp³-hybridized carbons (Fsp3) is 0.250. The summed E-state index contributed by atoms with van der Waals surface area (Å²) in [6.45, 7) is -0.145. The average molecular weight is 367 g/mol. The van der Waals surface area contributed by atoms with Crippen LogP contribution in [-0.4, -0.2) is 39.4 Å². The Labute approximate surface area is 156 Å². The van der Waals surface area contributed by atoms with Crippen molar-refractivity contribution in [3.8, 4) is 17.6 Å². The van der Waals surface area contributed by atoms with Gasteiger partial charge in [-0.2, -0.15) is 5.26 Å². The van der Waals surface area contributed by atoms with E-state index < -0.39 is 0 Å². The molecule has 0 bridgehead atoms. The second-order valence-electron chi connectivity index (χ2n) is 5.79. The summed E-state index contributed by atoms with van der Waals surface area (Å²) < 4.78 is 20.8. The van der Waals surface area contributed by atoms with Crippen molar-refractivity contribution in [3.05, 3.63) is 58.1 Å². The third-order valence-corrected chi connectivity index (χ3v) is 4.10. The van der Waals surface area contributed by atoms with Gasteiger partial charge in [0.2, 0.25) is 0 Å². The van der Waals surface area contributed by atoms with E-state index in [-0.39, 0.29) is 65.3 Å². The van der Waals surface area contributed by atoms with E-state index in [9.17, 15) is 9.59 Å². The van der Waals surface area contributed by atoms with Gasteiger partial charge in [0, 0.05) is 25.3 Å². The summed E-state index contributed by atoms with van der Waals surface area (Å²) >= 11 is 0. The largest absolute Gasteiger partial charge is 0.467 e. The van der Waals surface area contributed by atoms with Gasteiger partial charge in [-0.15, -0.1) is 0 Å². The number of benzene rings is 2. The van der Waals surface area contributed by atoms with Crippen LogP contribution in [0.2, 0.25) is 0 Å². The van der Waals surface area contributed by atoms with E-state index in [1.54, 1.807) is 30.3 Å². The highest BCUT2D eigenvalue weighted by Crippen LogP contribution is 2.39. The number of hydrogen-bond acceptors (Lipinski definition) is 7. The zero-order valence-corrected chi connectivity index (χ0v) is 14.9. The number of carbonyl (C=O) groups is 2. The fourth-order valence-corrected chi connectivity index (χ4v) is 2.95. The average Bonchev–Trinajstić information content (AvgIpc) is 2.68. The summed E-state index contributed by atoms with van der Waals surface area (Å²) in [6.07, 6.45) is 0.144. The van der Waals surface area contributed by atoms with Gasteiger partial charge in [-0.1, -0.05) is 6.07 Å². The van der Waals surface area contributed by atoms with Gasteiger partial charge in [0.25, 0.3) is 0 Å². The molecule has 27 heavy (non-hydrogen) atoms. The van der Waals surface area contributed by atoms with E-state index >= 15 is 0 Å². The van der Waals surface area contributed by atoms with E-state index in [1.165, 1.54) is 14.2 Å². The van der Waals surface area contributed by atoms with E-state index in [2.05, 4.69) is 0 Å². The Morgan fingerprint density at radius 3 is 1.93 bits per heavy atom. The number of nitriles is 1. The Morgan fingerprint density at radius 2 is 1.41 bits per heavy atom. The van der Waals surface area contributed by atoms with Crippen LogP contribution in [0.4, 0.5) is 0 Å². The number of carbonyl (C=O) groups excluding carboxylic acids is 2. The Bertz CT molecular complexity index is 944. The lowest BCUT2D eigenvalue weighted by Crippen LogP contribution is -2.23. The predicted octanol–water partition coefficient (Wildman–Crippen LogP) is 2.49. The monoisotopic (exact) mass is 367 g/mol. The van der Waals surface area contributed by atoms with Crippen molar-refractivity contribution in [2.75, 3.05) is 27.8 Å². The summed E-state index contributed by atoms with van der Waals surface area (Å²) in [6, 6.07) is 9.95. The standard InChI is InChI=1S/C20H17NO6/c1-24-10-26-15-5-6-16(27-11-25-2)18-17(15)19(22)13-4-3-12(7-8-21)9-14(13)20(18)23/h3-6,9H,7,10-11H2,1-2H3. The molecule has 2 aromatic carbocycles. The van der Waals surface area contributed by atoms with Crippen LogP contribution in [-0.2, 0) is 15.9 Å². The third kappa shape index (κ3) is 3.40. The fourth-order valence-electron chi connectivity index (χ4n) is 2.95. The maximum absolute atomic E-state index is 13.2. The molecule has 138 valence electrons. The highest BCUT2D eigenvalue weighted by Gasteiger charge is 2.35. The molecule has 0 saturated carbocycles. The van der Waals surface area contributed by atoms with Crippen molar-refractivity contribution in [2.24, 2.45) is 0 Å². The van der Waals surface area contributed by atoms with Gasteiger partial charge in [-0.05, 0) is 29.8 Å². The second-order valence-corrected chi connectivity index (χ2v) is 5.79. The molecule has 7 nitrogen and oxygen atoms in total. The number of fused-ring (bicyclic) bond motifs is 2. The Kier molecular flexibility index (Phi) is 5.50. The molecule has 0 radical (unpaired) electrons. The summed E-state index contributed by atoms with van der Waals surface area (Å²) in [7, 11) is 2.92. The van der Waals surface area contributed by atoms with Crippen molar-refractivity contribution in [1.29, 1.82) is 5.26 Å². The highest BCUT2D eigenvalue weighted by atomic mass is 16.7. The number of ketones is 2. The molecule has 3 rings (SSSR count). The quantitative estimate of drug-likeness (QED) is 0.592. The maximum atomic E-state index is 13.2. The highest BCUT2D eigenvalue weighted by molar-refractivity contribution is 6.30. The molecular formula is C20H17NO6. The molecule has 1 aliphatic rings. The molecule has 0 amide bonds. The molecular weight excluding hydrogens is 350 g/mol. The molecule has 0 aromatic heterocycles. The lowest BCUT2D eigenvalue weighted by Gasteiger charge is -2.23. The molecule has 0 unspecified atom stereocenters. The SMILES string of the molecule is COCOc1ccc(OCOC)c2c1C(=O)c1ccc(CC#N)cc1C2=O. The molecule has 2 aromatic rings. The first kappa shape index (κ1) is 18.6. The zero-order valence-electron chi connectivity index (χ0n) is 14.9. The van der Waals surface area contributed by atoms with Crippen molar-refractivity contribution in [3.63, 3.8) is 0 Å². The smallest absolute Gasteiger partial charge is 0.198 e. The topological polar surface area (TPSA) is 94.8 Å². The van der Waals surface area contributed by atoms with Crippen LogP contribution in [0.1, 0.15) is 37.4 Å². The number of nitrogens with zero attached hydrogens (tertiary/aromatic N) is 1. The summed E-state index contributed by atoms with van der Waals surface area (Å²) in [5.41, 5.74) is 1.41. The minimum atomic E-state index is -0.367. The molecule has 7 heteroatoms. The molecule has 0 atom stereocenters. The number of hydrogen-bond donors (Lipinski definition) is 0. The van der Waals surface area contributed by atoms with Gasteiger partial charge >= 0.3 is 0 Å². The van der Waals surface area contributed by atoms with E-state index in [0.29, 0.717) is 5.56 Å². The lowest BCUT2D eigenvalue weighted by atomic mass is 9.82. The van der Waals surface area contributed by atoms with Crippen LogP contribution in [0.15, 0.2) is 30.3 Å². The third-order valence-electron chi connectivity index (χ3n) is 4.10. The maximum Gasteiger partial charge on any atom is 0.198 e. The summed E-state index contributed by atoms with van der Waals surface area (Å²) in [4.78, 5) is 26.3. The first-order valence-corrected chi connectivity index (χ1v) is 8.12. The number of ether oxygens (including phenoxy) is 4. The van der Waals surface area contributed by atoms with E-state index in [1.807, 2.05) is 6.07 Å². The first-order valence-electron chi connectivity index (χ1n) is 8.12. The van der Waals surface area contributed by atoms with Gasteiger partial charge in [0.1, 0.15) is 11.5 Å². The van der Waals surface area contributed by atoms with Gasteiger partial charge in [-0.3, -0.25) is 9.59 Å². The van der Waals surface area contributed by atoms with Crippen LogP contribution in [0, 0.1) is 11.3 Å². The summed E-state index contributed by atoms with van der Waals surface area (Å²) in [5, 5.41) is 8.90. The Morgan fingerprint density at radius 1 is 0.852 bits per heavy atom. The molecule has 0 N–H and O–H groups in total. The van der Waals surface area contributed by atoms with Gasteiger partial charge in [0.05, 0.1) is 23.6 Å². The Balaban J connectivity index is 2.17. The van der Waals surface area contributed by atoms with Gasteiger partial charge in [0.15, 0.2) is 25.2 Å². The van der Waals surface area contributed by atoms with Crippen molar-refractivity contribution < 1.29 is 28.5 Å². The first-order chi connectivity index (χ1) is 13.1. The number of methoxy groups -OCH3 is 2. The van der Waals surface area contributed by atoms with Crippen LogP contribution < -0.4 is 9.47 Å². The summed E-state index contributed by atoms with van der Waals surface area (Å²) in [5.74, 6) is -0.251. The van der Waals surface area contributed by atoms with Crippen LogP contribution in [0.5, 0.6) is 11.5 Å². The molecule has 1 aliphatic carbocycles. The zero-order chi connectivity index (χ0) is 19.4. The van der Waals surface area contributed by atoms with E-state index in [0.717, 1.165) is 0 Å². The van der Waals surface area contributed by atoms with Crippen LogP contribution >= 0.6 is 0 Å². The number of rotatable bonds is 7. The molecule has 0 spiro atoms. The normalized spacial score (nSPS) is 12.2. The van der Waals surface area contributed by atoms with Crippen LogP contribution in [0.3, 0.4) is 0 Å². The van der Waals surface area contributed by atoms with E-state index in [4.69, 9.17) is 24.2 Å². The minimum absolute atomic E-state index is 0.0693. The molecule has 0 fully saturated rings. The van der Waals surface area contributed by atoms with Crippen molar-refractivity contribution in [1.82, 2.24) is 0 Å².